The van der Waals surface area contributed by atoms with Crippen LogP contribution in [0.1, 0.15) is 92.9 Å². The standard InChI is InChI=1S/C32H46O7/c1-7-8-11-36-23-15-24(33)30(6)20-9-10-29(5)21(19(20)13-25-32(30,39-25)27(23)34)14-26-31(29,38-26)18(4)22-12-16(2)17(3)28(35)37-22/h18-23,25-27,34H,7-15H2,1-6H3/t18-,19-,20+,21+,22-,23+,25-,26-,27+,29+,30+,31?,32+/m1/s1. The van der Waals surface area contributed by atoms with Gasteiger partial charge in [0.15, 0.2) is 0 Å². The number of Topliss-reactive ketones (excluding diaryl/α,β-unsaturated/α-hetero) is 1. The summed E-state index contributed by atoms with van der Waals surface area (Å²) < 4.78 is 25.1. The molecule has 39 heavy (non-hydrogen) atoms. The summed E-state index contributed by atoms with van der Waals surface area (Å²) in [6.07, 6.45) is 5.47. The summed E-state index contributed by atoms with van der Waals surface area (Å²) in [4.78, 5) is 26.6. The van der Waals surface area contributed by atoms with Gasteiger partial charge in [-0.2, -0.15) is 0 Å². The molecule has 0 aromatic heterocycles. The molecule has 0 aromatic carbocycles. The highest BCUT2D eigenvalue weighted by molar-refractivity contribution is 5.90. The molecule has 13 atom stereocenters. The second kappa shape index (κ2) is 8.39. The van der Waals surface area contributed by atoms with Gasteiger partial charge in [-0.1, -0.05) is 32.8 Å². The molecule has 7 nitrogen and oxygen atoms in total. The molecule has 7 heteroatoms. The molecule has 7 rings (SSSR count). The topological polar surface area (TPSA) is 97.9 Å². The van der Waals surface area contributed by atoms with E-state index in [1.807, 2.05) is 13.8 Å². The molecule has 0 amide bonds. The Morgan fingerprint density at radius 3 is 2.56 bits per heavy atom. The van der Waals surface area contributed by atoms with Gasteiger partial charge in [0.05, 0.1) is 23.7 Å². The molecule has 0 radical (unpaired) electrons. The van der Waals surface area contributed by atoms with Gasteiger partial charge < -0.3 is 24.1 Å². The number of cyclic esters (lactones) is 1. The van der Waals surface area contributed by atoms with E-state index in [1.54, 1.807) is 0 Å². The number of fused-ring (bicyclic) bond motifs is 6. The number of aliphatic hydroxyl groups is 1. The summed E-state index contributed by atoms with van der Waals surface area (Å²) in [5, 5.41) is 11.6. The zero-order valence-corrected chi connectivity index (χ0v) is 24.5. The summed E-state index contributed by atoms with van der Waals surface area (Å²) in [5.41, 5.74) is 0.0520. The van der Waals surface area contributed by atoms with Crippen molar-refractivity contribution < 1.29 is 33.6 Å². The molecule has 1 N–H and O–H groups in total. The van der Waals surface area contributed by atoms with Gasteiger partial charge >= 0.3 is 5.97 Å². The predicted octanol–water partition coefficient (Wildman–Crippen LogP) is 4.53. The minimum atomic E-state index is -0.796. The first-order valence-corrected chi connectivity index (χ1v) is 15.5. The van der Waals surface area contributed by atoms with Crippen LogP contribution in [0, 0.1) is 34.5 Å². The molecule has 4 aliphatic carbocycles. The van der Waals surface area contributed by atoms with Gasteiger partial charge in [-0.3, -0.25) is 4.79 Å². The molecule has 3 aliphatic heterocycles. The highest BCUT2D eigenvalue weighted by Gasteiger charge is 2.85. The van der Waals surface area contributed by atoms with E-state index in [2.05, 4.69) is 27.7 Å². The van der Waals surface area contributed by atoms with Gasteiger partial charge in [-0.15, -0.1) is 0 Å². The van der Waals surface area contributed by atoms with Crippen molar-refractivity contribution in [2.45, 2.75) is 135 Å². The molecule has 1 unspecified atom stereocenters. The maximum atomic E-state index is 14.0. The number of hydrogen-bond acceptors (Lipinski definition) is 7. The smallest absolute Gasteiger partial charge is 0.333 e. The van der Waals surface area contributed by atoms with Crippen LogP contribution < -0.4 is 0 Å². The fourth-order valence-corrected chi connectivity index (χ4v) is 10.8. The molecule has 0 aromatic rings. The maximum absolute atomic E-state index is 14.0. The summed E-state index contributed by atoms with van der Waals surface area (Å²) >= 11 is 0. The third-order valence-electron chi connectivity index (χ3n) is 13.3. The normalized spacial score (nSPS) is 54.1. The quantitative estimate of drug-likeness (QED) is 0.299. The average Bonchev–Trinajstić information content (AvgIpc) is 3.80. The summed E-state index contributed by atoms with van der Waals surface area (Å²) in [7, 11) is 0. The van der Waals surface area contributed by atoms with Crippen LogP contribution in [0.2, 0.25) is 0 Å². The molecule has 6 fully saturated rings. The average molecular weight is 543 g/mol. The van der Waals surface area contributed by atoms with E-state index in [4.69, 9.17) is 18.9 Å². The molecule has 0 bridgehead atoms. The third kappa shape index (κ3) is 3.09. The number of unbranched alkanes of at least 4 members (excludes halogenated alkanes) is 1. The van der Waals surface area contributed by atoms with Crippen molar-refractivity contribution in [3.63, 3.8) is 0 Å². The Hall–Kier alpha value is -1.28. The third-order valence-corrected chi connectivity index (χ3v) is 13.3. The van der Waals surface area contributed by atoms with Crippen molar-refractivity contribution in [1.29, 1.82) is 0 Å². The van der Waals surface area contributed by atoms with Crippen LogP contribution >= 0.6 is 0 Å². The number of aliphatic hydroxyl groups excluding tert-OH is 1. The second-order valence-electron chi connectivity index (χ2n) is 14.5. The number of esters is 1. The number of ketones is 1. The summed E-state index contributed by atoms with van der Waals surface area (Å²) in [5.74, 6) is 1.11. The number of epoxide rings is 2. The Bertz CT molecular complexity index is 1130. The fraction of sp³-hybridized carbons (Fsp3) is 0.875. The van der Waals surface area contributed by atoms with Gasteiger partial charge in [0.2, 0.25) is 0 Å². The van der Waals surface area contributed by atoms with Gasteiger partial charge in [0.25, 0.3) is 0 Å². The van der Waals surface area contributed by atoms with Gasteiger partial charge in [0, 0.05) is 36.4 Å². The van der Waals surface area contributed by atoms with E-state index in [0.717, 1.165) is 56.1 Å². The van der Waals surface area contributed by atoms with Crippen LogP contribution in [0.15, 0.2) is 11.1 Å². The Balaban J connectivity index is 1.15. The number of ether oxygens (including phenoxy) is 4. The summed E-state index contributed by atoms with van der Waals surface area (Å²) in [6, 6.07) is 0. The Morgan fingerprint density at radius 1 is 1.08 bits per heavy atom. The Kier molecular flexibility index (Phi) is 5.73. The van der Waals surface area contributed by atoms with Crippen molar-refractivity contribution in [3.8, 4) is 0 Å². The lowest BCUT2D eigenvalue weighted by Crippen LogP contribution is -2.68. The van der Waals surface area contributed by atoms with Crippen LogP contribution in [0.3, 0.4) is 0 Å². The van der Waals surface area contributed by atoms with E-state index in [1.165, 1.54) is 0 Å². The zero-order valence-electron chi connectivity index (χ0n) is 24.5. The number of hydrogen-bond donors (Lipinski definition) is 1. The van der Waals surface area contributed by atoms with Crippen molar-refractivity contribution in [2.24, 2.45) is 34.5 Å². The molecular weight excluding hydrogens is 496 g/mol. The maximum Gasteiger partial charge on any atom is 0.333 e. The lowest BCUT2D eigenvalue weighted by atomic mass is 9.43. The van der Waals surface area contributed by atoms with Gasteiger partial charge in [0.1, 0.15) is 29.2 Å². The first-order valence-electron chi connectivity index (χ1n) is 15.5. The molecular formula is C32H46O7. The second-order valence-corrected chi connectivity index (χ2v) is 14.5. The van der Waals surface area contributed by atoms with Crippen LogP contribution in [-0.2, 0) is 28.5 Å². The van der Waals surface area contributed by atoms with E-state index in [0.29, 0.717) is 18.4 Å². The van der Waals surface area contributed by atoms with Crippen LogP contribution in [0.4, 0.5) is 0 Å². The molecule has 216 valence electrons. The molecule has 1 spiro atoms. The van der Waals surface area contributed by atoms with Gasteiger partial charge in [-0.25, -0.2) is 4.79 Å². The number of rotatable bonds is 6. The lowest BCUT2D eigenvalue weighted by Gasteiger charge is -2.60. The Morgan fingerprint density at radius 2 is 1.85 bits per heavy atom. The SMILES string of the molecule is CCCCO[C@H]1CC(=O)[C@]2(C)[C@H]3CC[C@@]4(C)[C@@H](C[C@H]5OC54[C@H](C)[C@H]4CC(C)=C(C)C(=O)O4)[C@@H]3C[C@H]3O[C@]32[C@H]1O. The number of carbonyl (C=O) groups excluding carboxylic acids is 2. The highest BCUT2D eigenvalue weighted by atomic mass is 16.6. The van der Waals surface area contributed by atoms with Crippen LogP contribution in [0.25, 0.3) is 0 Å². The first-order chi connectivity index (χ1) is 18.5. The van der Waals surface area contributed by atoms with Crippen molar-refractivity contribution >= 4 is 11.8 Å². The van der Waals surface area contributed by atoms with Gasteiger partial charge in [-0.05, 0) is 70.6 Å². The first kappa shape index (κ1) is 26.6. The lowest BCUT2D eigenvalue weighted by molar-refractivity contribution is -0.190. The van der Waals surface area contributed by atoms with E-state index in [9.17, 15) is 14.7 Å². The Labute approximate surface area is 232 Å². The van der Waals surface area contributed by atoms with Crippen molar-refractivity contribution in [1.82, 2.24) is 0 Å². The molecule has 2 saturated heterocycles. The molecule has 4 saturated carbocycles. The highest BCUT2D eigenvalue weighted by Crippen LogP contribution is 2.78. The van der Waals surface area contributed by atoms with Crippen LogP contribution in [0.5, 0.6) is 0 Å². The monoisotopic (exact) mass is 542 g/mol. The van der Waals surface area contributed by atoms with Crippen molar-refractivity contribution in [3.05, 3.63) is 11.1 Å². The van der Waals surface area contributed by atoms with Crippen molar-refractivity contribution in [2.75, 3.05) is 6.61 Å². The number of carbonyl (C=O) groups is 2. The molecule has 7 aliphatic rings. The fourth-order valence-electron chi connectivity index (χ4n) is 10.8. The summed E-state index contributed by atoms with van der Waals surface area (Å²) in [6.45, 7) is 13.3. The zero-order chi connectivity index (χ0) is 27.7. The minimum absolute atomic E-state index is 0.0395. The van der Waals surface area contributed by atoms with E-state index < -0.39 is 23.2 Å². The minimum Gasteiger partial charge on any atom is -0.458 e. The van der Waals surface area contributed by atoms with Crippen LogP contribution in [-0.4, -0.2) is 65.2 Å². The predicted molar refractivity (Wildman–Crippen MR) is 143 cm³/mol. The van der Waals surface area contributed by atoms with E-state index in [-0.39, 0.29) is 59.3 Å². The largest absolute Gasteiger partial charge is 0.458 e. The molecule has 3 heterocycles. The van der Waals surface area contributed by atoms with E-state index >= 15 is 0 Å².